The number of aryl methyl sites for hydroxylation is 1. The molecule has 0 aliphatic rings. The van der Waals surface area contributed by atoms with Gasteiger partial charge in [0.05, 0.1) is 23.6 Å². The van der Waals surface area contributed by atoms with Crippen molar-refractivity contribution in [2.75, 3.05) is 11.6 Å². The minimum absolute atomic E-state index is 0.0370. The molecule has 2 rings (SSSR count). The van der Waals surface area contributed by atoms with E-state index in [1.54, 1.807) is 6.92 Å². The molecular weight excluding hydrogens is 268 g/mol. The van der Waals surface area contributed by atoms with E-state index in [0.29, 0.717) is 16.9 Å². The average Bonchev–Trinajstić information content (AvgIpc) is 2.75. The molecule has 7 nitrogen and oxygen atoms in total. The number of sulfone groups is 1. The molecule has 19 heavy (non-hydrogen) atoms. The summed E-state index contributed by atoms with van der Waals surface area (Å²) in [4.78, 5) is 15.6. The molecule has 0 bridgehead atoms. The zero-order chi connectivity index (χ0) is 14.0. The first kappa shape index (κ1) is 13.2. The molecule has 0 aliphatic carbocycles. The van der Waals surface area contributed by atoms with Crippen molar-refractivity contribution < 1.29 is 13.2 Å². The molecular formula is C11H12N4O3S. The monoisotopic (exact) mass is 280 g/mol. The molecule has 0 saturated heterocycles. The summed E-state index contributed by atoms with van der Waals surface area (Å²) in [5, 5.41) is 8.98. The molecule has 100 valence electrons. The SMILES string of the molecule is Cc1[nH]ncc1C(=O)Nc1ccc(S(C)(=O)=O)nc1. The van der Waals surface area contributed by atoms with Crippen LogP contribution in [0.15, 0.2) is 29.6 Å². The van der Waals surface area contributed by atoms with E-state index in [9.17, 15) is 13.2 Å². The van der Waals surface area contributed by atoms with Gasteiger partial charge in [-0.15, -0.1) is 0 Å². The zero-order valence-corrected chi connectivity index (χ0v) is 11.2. The predicted octanol–water partition coefficient (Wildman–Crippen LogP) is 0.769. The van der Waals surface area contributed by atoms with Crippen LogP contribution in [-0.2, 0) is 9.84 Å². The Bertz CT molecular complexity index is 704. The summed E-state index contributed by atoms with van der Waals surface area (Å²) >= 11 is 0. The Morgan fingerprint density at radius 3 is 2.53 bits per heavy atom. The molecule has 8 heteroatoms. The van der Waals surface area contributed by atoms with E-state index in [1.807, 2.05) is 0 Å². The van der Waals surface area contributed by atoms with Crippen molar-refractivity contribution in [3.8, 4) is 0 Å². The molecule has 0 saturated carbocycles. The molecule has 0 spiro atoms. The summed E-state index contributed by atoms with van der Waals surface area (Å²) in [7, 11) is -3.34. The maximum absolute atomic E-state index is 11.9. The van der Waals surface area contributed by atoms with Gasteiger partial charge in [-0.1, -0.05) is 0 Å². The fourth-order valence-electron chi connectivity index (χ4n) is 1.45. The Labute approximate surface area is 110 Å². The fraction of sp³-hybridized carbons (Fsp3) is 0.182. The highest BCUT2D eigenvalue weighted by molar-refractivity contribution is 7.90. The first-order valence-corrected chi connectivity index (χ1v) is 7.24. The van der Waals surface area contributed by atoms with E-state index in [2.05, 4.69) is 20.5 Å². The first-order chi connectivity index (χ1) is 8.88. The van der Waals surface area contributed by atoms with Crippen molar-refractivity contribution in [3.63, 3.8) is 0 Å². The number of hydrogen-bond acceptors (Lipinski definition) is 5. The van der Waals surface area contributed by atoms with E-state index in [-0.39, 0.29) is 10.9 Å². The van der Waals surface area contributed by atoms with Gasteiger partial charge in [0, 0.05) is 11.9 Å². The molecule has 2 aromatic heterocycles. The quantitative estimate of drug-likeness (QED) is 0.864. The van der Waals surface area contributed by atoms with Crippen LogP contribution in [0.2, 0.25) is 0 Å². The van der Waals surface area contributed by atoms with Crippen molar-refractivity contribution in [2.24, 2.45) is 0 Å². The molecule has 1 amide bonds. The van der Waals surface area contributed by atoms with Gasteiger partial charge < -0.3 is 5.32 Å². The van der Waals surface area contributed by atoms with Crippen molar-refractivity contribution >= 4 is 21.4 Å². The maximum Gasteiger partial charge on any atom is 0.259 e. The predicted molar refractivity (Wildman–Crippen MR) is 68.6 cm³/mol. The molecule has 0 fully saturated rings. The van der Waals surface area contributed by atoms with Crippen LogP contribution in [-0.4, -0.2) is 35.8 Å². The van der Waals surface area contributed by atoms with Crippen LogP contribution in [0.4, 0.5) is 5.69 Å². The van der Waals surface area contributed by atoms with Crippen LogP contribution in [0.3, 0.4) is 0 Å². The second-order valence-electron chi connectivity index (χ2n) is 4.02. The lowest BCUT2D eigenvalue weighted by Crippen LogP contribution is -2.12. The van der Waals surface area contributed by atoms with Crippen LogP contribution >= 0.6 is 0 Å². The van der Waals surface area contributed by atoms with E-state index in [1.165, 1.54) is 24.5 Å². The summed E-state index contributed by atoms with van der Waals surface area (Å²) in [5.41, 5.74) is 1.49. The summed E-state index contributed by atoms with van der Waals surface area (Å²) in [6.07, 6.45) is 3.79. The number of pyridine rings is 1. The van der Waals surface area contributed by atoms with E-state index >= 15 is 0 Å². The Morgan fingerprint density at radius 2 is 2.05 bits per heavy atom. The van der Waals surface area contributed by atoms with Crippen molar-refractivity contribution in [1.29, 1.82) is 0 Å². The summed E-state index contributed by atoms with van der Waals surface area (Å²) in [5.74, 6) is -0.333. The minimum atomic E-state index is -3.34. The van der Waals surface area contributed by atoms with Gasteiger partial charge in [-0.2, -0.15) is 5.10 Å². The Balaban J connectivity index is 2.17. The second-order valence-corrected chi connectivity index (χ2v) is 5.98. The van der Waals surface area contributed by atoms with Crippen LogP contribution in [0.1, 0.15) is 16.1 Å². The number of carbonyl (C=O) groups is 1. The normalized spacial score (nSPS) is 11.3. The van der Waals surface area contributed by atoms with Crippen LogP contribution in [0, 0.1) is 6.92 Å². The molecule has 0 radical (unpaired) electrons. The number of amides is 1. The number of hydrogen-bond donors (Lipinski definition) is 2. The summed E-state index contributed by atoms with van der Waals surface area (Å²) < 4.78 is 22.5. The Morgan fingerprint density at radius 1 is 1.32 bits per heavy atom. The maximum atomic E-state index is 11.9. The number of aromatic amines is 1. The number of rotatable bonds is 3. The molecule has 0 atom stereocenters. The minimum Gasteiger partial charge on any atom is -0.320 e. The highest BCUT2D eigenvalue weighted by Gasteiger charge is 2.12. The number of aromatic nitrogens is 3. The van der Waals surface area contributed by atoms with Crippen molar-refractivity contribution in [1.82, 2.24) is 15.2 Å². The van der Waals surface area contributed by atoms with Gasteiger partial charge in [0.15, 0.2) is 14.9 Å². The lowest BCUT2D eigenvalue weighted by Gasteiger charge is -2.04. The molecule has 0 unspecified atom stereocenters. The third kappa shape index (κ3) is 2.97. The Hall–Kier alpha value is -2.22. The van der Waals surface area contributed by atoms with Gasteiger partial charge in [0.1, 0.15) is 0 Å². The molecule has 0 aromatic carbocycles. The van der Waals surface area contributed by atoms with Crippen LogP contribution in [0.5, 0.6) is 0 Å². The van der Waals surface area contributed by atoms with Gasteiger partial charge in [0.2, 0.25) is 0 Å². The standard InChI is InChI=1S/C11H12N4O3S/c1-7-9(6-13-15-7)11(16)14-8-3-4-10(12-5-8)19(2,17)18/h3-6H,1-2H3,(H,13,15)(H,14,16). The second kappa shape index (κ2) is 4.81. The fourth-order valence-corrected chi connectivity index (χ4v) is 2.01. The number of anilines is 1. The van der Waals surface area contributed by atoms with Gasteiger partial charge in [0.25, 0.3) is 5.91 Å². The number of carbonyl (C=O) groups excluding carboxylic acids is 1. The topological polar surface area (TPSA) is 105 Å². The molecule has 0 aliphatic heterocycles. The van der Waals surface area contributed by atoms with Crippen LogP contribution < -0.4 is 5.32 Å². The van der Waals surface area contributed by atoms with Crippen molar-refractivity contribution in [3.05, 3.63) is 35.8 Å². The van der Waals surface area contributed by atoms with Gasteiger partial charge in [-0.05, 0) is 19.1 Å². The summed E-state index contributed by atoms with van der Waals surface area (Å²) in [6, 6.07) is 2.82. The number of H-pyrrole nitrogens is 1. The first-order valence-electron chi connectivity index (χ1n) is 5.35. The third-order valence-electron chi connectivity index (χ3n) is 2.45. The number of nitrogens with one attached hydrogen (secondary N) is 2. The third-order valence-corrected chi connectivity index (χ3v) is 3.45. The largest absolute Gasteiger partial charge is 0.320 e. The highest BCUT2D eigenvalue weighted by Crippen LogP contribution is 2.12. The average molecular weight is 280 g/mol. The van der Waals surface area contributed by atoms with Gasteiger partial charge >= 0.3 is 0 Å². The van der Waals surface area contributed by atoms with E-state index in [0.717, 1.165) is 6.26 Å². The summed E-state index contributed by atoms with van der Waals surface area (Å²) in [6.45, 7) is 1.73. The number of nitrogens with zero attached hydrogens (tertiary/aromatic N) is 2. The zero-order valence-electron chi connectivity index (χ0n) is 10.3. The smallest absolute Gasteiger partial charge is 0.259 e. The van der Waals surface area contributed by atoms with Gasteiger partial charge in [-0.3, -0.25) is 9.89 Å². The molecule has 2 N–H and O–H groups in total. The highest BCUT2D eigenvalue weighted by atomic mass is 32.2. The lowest BCUT2D eigenvalue weighted by atomic mass is 10.2. The van der Waals surface area contributed by atoms with E-state index < -0.39 is 9.84 Å². The molecule has 2 heterocycles. The van der Waals surface area contributed by atoms with E-state index in [4.69, 9.17) is 0 Å². The lowest BCUT2D eigenvalue weighted by molar-refractivity contribution is 0.102. The Kier molecular flexibility index (Phi) is 3.34. The molecule has 2 aromatic rings. The van der Waals surface area contributed by atoms with Crippen LogP contribution in [0.25, 0.3) is 0 Å². The van der Waals surface area contributed by atoms with Crippen molar-refractivity contribution in [2.45, 2.75) is 11.9 Å². The van der Waals surface area contributed by atoms with Gasteiger partial charge in [-0.25, -0.2) is 13.4 Å².